The van der Waals surface area contributed by atoms with Gasteiger partial charge in [-0.25, -0.2) is 0 Å². The van der Waals surface area contributed by atoms with Crippen molar-refractivity contribution in [3.05, 3.63) is 41.2 Å². The van der Waals surface area contributed by atoms with E-state index in [9.17, 15) is 0 Å². The van der Waals surface area contributed by atoms with Gasteiger partial charge in [-0.3, -0.25) is 0 Å². The first-order chi connectivity index (χ1) is 8.20. The highest BCUT2D eigenvalue weighted by molar-refractivity contribution is 7.98. The van der Waals surface area contributed by atoms with Crippen LogP contribution in [0, 0.1) is 13.8 Å². The zero-order valence-electron chi connectivity index (χ0n) is 10.1. The smallest absolute Gasteiger partial charge is 0.192 e. The largest absolute Gasteiger partial charge is 0.211 e. The zero-order chi connectivity index (χ0) is 12.3. The highest BCUT2D eigenvalue weighted by Gasteiger charge is 2.05. The van der Waals surface area contributed by atoms with Gasteiger partial charge in [0.05, 0.1) is 6.21 Å². The molecule has 1 heterocycles. The summed E-state index contributed by atoms with van der Waals surface area (Å²) >= 11 is 1.53. The predicted molar refractivity (Wildman–Crippen MR) is 70.7 cm³/mol. The molecule has 0 bridgehead atoms. The Morgan fingerprint density at radius 2 is 2.12 bits per heavy atom. The maximum atomic E-state index is 4.39. The van der Waals surface area contributed by atoms with Crippen LogP contribution < -0.4 is 0 Å². The maximum absolute atomic E-state index is 4.39. The topological polar surface area (TPSA) is 43.1 Å². The van der Waals surface area contributed by atoms with Crippen LogP contribution in [0.5, 0.6) is 0 Å². The van der Waals surface area contributed by atoms with Gasteiger partial charge in [-0.15, -0.1) is 10.2 Å². The van der Waals surface area contributed by atoms with Crippen LogP contribution >= 0.6 is 11.8 Å². The Bertz CT molecular complexity index is 545. The van der Waals surface area contributed by atoms with Gasteiger partial charge in [-0.1, -0.05) is 41.6 Å². The molecule has 0 aliphatic rings. The van der Waals surface area contributed by atoms with E-state index in [0.29, 0.717) is 0 Å². The van der Waals surface area contributed by atoms with Crippen LogP contribution in [0.1, 0.15) is 17.0 Å². The summed E-state index contributed by atoms with van der Waals surface area (Å²) in [7, 11) is 0. The van der Waals surface area contributed by atoms with Gasteiger partial charge in [0, 0.05) is 0 Å². The van der Waals surface area contributed by atoms with Gasteiger partial charge in [0.2, 0.25) is 5.16 Å². The van der Waals surface area contributed by atoms with Crippen LogP contribution in [0.15, 0.2) is 34.5 Å². The van der Waals surface area contributed by atoms with Crippen LogP contribution in [0.3, 0.4) is 0 Å². The number of hydrogen-bond acceptors (Lipinski definition) is 4. The van der Waals surface area contributed by atoms with Crippen LogP contribution in [0.2, 0.25) is 0 Å². The molecule has 0 saturated carbocycles. The van der Waals surface area contributed by atoms with Crippen molar-refractivity contribution in [2.75, 3.05) is 6.26 Å². The first kappa shape index (κ1) is 11.9. The van der Waals surface area contributed by atoms with E-state index in [0.717, 1.165) is 16.5 Å². The lowest BCUT2D eigenvalue weighted by Crippen LogP contribution is -1.95. The third-order valence-electron chi connectivity index (χ3n) is 2.31. The molecule has 0 saturated heterocycles. The standard InChI is InChI=1S/C12H14N4S/c1-9-5-4-6-11(7-9)8-13-16-10(2)14-15-12(16)17-3/h4-8H,1-3H3/b13-8-. The van der Waals surface area contributed by atoms with Gasteiger partial charge in [0.25, 0.3) is 0 Å². The number of hydrogen-bond donors (Lipinski definition) is 0. The highest BCUT2D eigenvalue weighted by Crippen LogP contribution is 2.12. The minimum absolute atomic E-state index is 0.790. The summed E-state index contributed by atoms with van der Waals surface area (Å²) in [5.74, 6) is 0.790. The fraction of sp³-hybridized carbons (Fsp3) is 0.250. The van der Waals surface area contributed by atoms with Crippen molar-refractivity contribution in [3.8, 4) is 0 Å². The lowest BCUT2D eigenvalue weighted by atomic mass is 10.2. The fourth-order valence-electron chi connectivity index (χ4n) is 1.47. The molecule has 2 aromatic rings. The average Bonchev–Trinajstić information content (AvgIpc) is 2.67. The molecule has 0 fully saturated rings. The van der Waals surface area contributed by atoms with E-state index in [1.807, 2.05) is 31.5 Å². The van der Waals surface area contributed by atoms with Crippen molar-refractivity contribution < 1.29 is 0 Å². The third kappa shape index (κ3) is 2.74. The third-order valence-corrected chi connectivity index (χ3v) is 2.93. The minimum Gasteiger partial charge on any atom is -0.192 e. The van der Waals surface area contributed by atoms with Gasteiger partial charge in [-0.05, 0) is 25.7 Å². The van der Waals surface area contributed by atoms with Crippen molar-refractivity contribution in [1.82, 2.24) is 14.9 Å². The number of aromatic nitrogens is 3. The molecular weight excluding hydrogens is 232 g/mol. The van der Waals surface area contributed by atoms with Crippen molar-refractivity contribution in [2.45, 2.75) is 19.0 Å². The molecule has 88 valence electrons. The van der Waals surface area contributed by atoms with E-state index >= 15 is 0 Å². The van der Waals surface area contributed by atoms with E-state index < -0.39 is 0 Å². The SMILES string of the molecule is CSc1nnc(C)n1/N=C\c1cccc(C)c1. The lowest BCUT2D eigenvalue weighted by molar-refractivity contribution is 0.745. The Morgan fingerprint density at radius 3 is 2.82 bits per heavy atom. The second kappa shape index (κ2) is 5.14. The predicted octanol–water partition coefficient (Wildman–Crippen LogP) is 2.50. The summed E-state index contributed by atoms with van der Waals surface area (Å²) in [5.41, 5.74) is 2.30. The molecule has 4 nitrogen and oxygen atoms in total. The van der Waals surface area contributed by atoms with Crippen molar-refractivity contribution in [1.29, 1.82) is 0 Å². The van der Waals surface area contributed by atoms with Gasteiger partial charge in [0.1, 0.15) is 0 Å². The molecule has 0 N–H and O–H groups in total. The zero-order valence-corrected chi connectivity index (χ0v) is 10.9. The average molecular weight is 246 g/mol. The number of nitrogens with zero attached hydrogens (tertiary/aromatic N) is 4. The molecule has 1 aromatic carbocycles. The molecule has 0 amide bonds. The van der Waals surface area contributed by atoms with Crippen molar-refractivity contribution >= 4 is 18.0 Å². The van der Waals surface area contributed by atoms with Crippen molar-refractivity contribution in [3.63, 3.8) is 0 Å². The monoisotopic (exact) mass is 246 g/mol. The Kier molecular flexibility index (Phi) is 3.58. The lowest BCUT2D eigenvalue weighted by Gasteiger charge is -1.99. The summed E-state index contributed by atoms with van der Waals surface area (Å²) in [6.07, 6.45) is 3.78. The van der Waals surface area contributed by atoms with Gasteiger partial charge in [0.15, 0.2) is 5.82 Å². The number of rotatable bonds is 3. The first-order valence-corrected chi connectivity index (χ1v) is 6.50. The summed E-state index contributed by atoms with van der Waals surface area (Å²) in [6.45, 7) is 3.95. The molecule has 17 heavy (non-hydrogen) atoms. The normalized spacial score (nSPS) is 11.2. The summed E-state index contributed by atoms with van der Waals surface area (Å²) in [5, 5.41) is 13.2. The molecule has 0 radical (unpaired) electrons. The molecule has 0 aliphatic heterocycles. The molecule has 0 atom stereocenters. The molecule has 0 aliphatic carbocycles. The van der Waals surface area contributed by atoms with Crippen molar-refractivity contribution in [2.24, 2.45) is 5.10 Å². The molecule has 1 aromatic heterocycles. The molecule has 0 spiro atoms. The Balaban J connectivity index is 2.28. The Labute approximate surface area is 105 Å². The highest BCUT2D eigenvalue weighted by atomic mass is 32.2. The summed E-state index contributed by atoms with van der Waals surface area (Å²) in [4.78, 5) is 0. The van der Waals surface area contributed by atoms with E-state index in [2.05, 4.69) is 34.4 Å². The van der Waals surface area contributed by atoms with Gasteiger partial charge < -0.3 is 0 Å². The van der Waals surface area contributed by atoms with E-state index in [1.165, 1.54) is 17.3 Å². The number of benzene rings is 1. The molecule has 2 rings (SSSR count). The second-order valence-corrected chi connectivity index (χ2v) is 4.48. The van der Waals surface area contributed by atoms with Gasteiger partial charge >= 0.3 is 0 Å². The molecular formula is C12H14N4S. The van der Waals surface area contributed by atoms with E-state index in [4.69, 9.17) is 0 Å². The van der Waals surface area contributed by atoms with E-state index in [-0.39, 0.29) is 0 Å². The first-order valence-electron chi connectivity index (χ1n) is 5.28. The fourth-order valence-corrected chi connectivity index (χ4v) is 1.95. The summed E-state index contributed by atoms with van der Waals surface area (Å²) < 4.78 is 1.74. The van der Waals surface area contributed by atoms with Crippen LogP contribution in [-0.2, 0) is 0 Å². The molecule has 0 unspecified atom stereocenters. The Morgan fingerprint density at radius 1 is 1.29 bits per heavy atom. The summed E-state index contributed by atoms with van der Waals surface area (Å²) in [6, 6.07) is 8.19. The van der Waals surface area contributed by atoms with E-state index in [1.54, 1.807) is 4.68 Å². The quantitative estimate of drug-likeness (QED) is 0.617. The Hall–Kier alpha value is -1.62. The minimum atomic E-state index is 0.790. The van der Waals surface area contributed by atoms with Crippen LogP contribution in [0.25, 0.3) is 0 Å². The molecule has 5 heteroatoms. The van der Waals surface area contributed by atoms with Crippen LogP contribution in [0.4, 0.5) is 0 Å². The number of aryl methyl sites for hydroxylation is 2. The second-order valence-electron chi connectivity index (χ2n) is 3.70. The maximum Gasteiger partial charge on any atom is 0.211 e. The van der Waals surface area contributed by atoms with Crippen LogP contribution in [-0.4, -0.2) is 27.3 Å². The number of thioether (sulfide) groups is 1. The van der Waals surface area contributed by atoms with Gasteiger partial charge in [-0.2, -0.15) is 9.78 Å².